The second-order valence-corrected chi connectivity index (χ2v) is 7.41. The summed E-state index contributed by atoms with van der Waals surface area (Å²) in [5.74, 6) is -0.219. The smallest absolute Gasteiger partial charge is 0.257 e. The molecule has 0 fully saturated rings. The van der Waals surface area contributed by atoms with Gasteiger partial charge < -0.3 is 0 Å². The van der Waals surface area contributed by atoms with Crippen LogP contribution in [-0.4, -0.2) is 21.1 Å². The van der Waals surface area contributed by atoms with Gasteiger partial charge in [0.05, 0.1) is 0 Å². The summed E-state index contributed by atoms with van der Waals surface area (Å²) in [7, 11) is 0. The summed E-state index contributed by atoms with van der Waals surface area (Å²) >= 11 is 1.35. The number of aromatic nitrogens is 3. The summed E-state index contributed by atoms with van der Waals surface area (Å²) in [5.41, 5.74) is 2.91. The van der Waals surface area contributed by atoms with Crippen molar-refractivity contribution >= 4 is 22.4 Å². The fraction of sp³-hybridized carbons (Fsp3) is 0.222. The lowest BCUT2D eigenvalue weighted by atomic mass is 9.87. The first-order chi connectivity index (χ1) is 11.4. The standard InChI is InChI=1S/C18H18N4OS/c1-18(2,3)14-6-4-13(5-7-14)16-21-22-17(24-16)20-15(23)12-8-10-19-11-9-12/h4-11H,1-3H3,(H,20,22,23). The van der Waals surface area contributed by atoms with Crippen molar-refractivity contribution in [3.63, 3.8) is 0 Å². The van der Waals surface area contributed by atoms with Crippen LogP contribution in [0.3, 0.4) is 0 Å². The maximum absolute atomic E-state index is 12.1. The van der Waals surface area contributed by atoms with Crippen molar-refractivity contribution in [2.75, 3.05) is 5.32 Å². The highest BCUT2D eigenvalue weighted by molar-refractivity contribution is 7.18. The van der Waals surface area contributed by atoms with Crippen LogP contribution in [0.4, 0.5) is 5.13 Å². The Morgan fingerprint density at radius 1 is 1.00 bits per heavy atom. The normalized spacial score (nSPS) is 11.3. The average molecular weight is 338 g/mol. The molecule has 3 rings (SSSR count). The van der Waals surface area contributed by atoms with Gasteiger partial charge in [0.2, 0.25) is 5.13 Å². The number of nitrogens with zero attached hydrogens (tertiary/aromatic N) is 3. The number of nitrogens with one attached hydrogen (secondary N) is 1. The van der Waals surface area contributed by atoms with Crippen molar-refractivity contribution < 1.29 is 4.79 Å². The molecule has 0 aliphatic carbocycles. The van der Waals surface area contributed by atoms with Gasteiger partial charge in [0.15, 0.2) is 0 Å². The molecule has 0 radical (unpaired) electrons. The molecule has 0 aliphatic heterocycles. The predicted octanol–water partition coefficient (Wildman–Crippen LogP) is 4.15. The molecule has 3 aromatic rings. The molecule has 0 unspecified atom stereocenters. The SMILES string of the molecule is CC(C)(C)c1ccc(-c2nnc(NC(=O)c3ccncc3)s2)cc1. The van der Waals surface area contributed by atoms with Crippen LogP contribution in [-0.2, 0) is 5.41 Å². The van der Waals surface area contributed by atoms with Crippen LogP contribution in [0, 0.1) is 0 Å². The largest absolute Gasteiger partial charge is 0.296 e. The van der Waals surface area contributed by atoms with E-state index in [1.54, 1.807) is 24.5 Å². The molecule has 0 saturated heterocycles. The second kappa shape index (κ2) is 6.49. The van der Waals surface area contributed by atoms with E-state index in [1.165, 1.54) is 16.9 Å². The summed E-state index contributed by atoms with van der Waals surface area (Å²) in [6.45, 7) is 6.54. The molecule has 0 saturated carbocycles. The number of anilines is 1. The first-order valence-electron chi connectivity index (χ1n) is 7.59. The Morgan fingerprint density at radius 3 is 2.29 bits per heavy atom. The Morgan fingerprint density at radius 2 is 1.67 bits per heavy atom. The zero-order valence-corrected chi connectivity index (χ0v) is 14.6. The van der Waals surface area contributed by atoms with Crippen LogP contribution in [0.25, 0.3) is 10.6 Å². The van der Waals surface area contributed by atoms with Crippen LogP contribution in [0.5, 0.6) is 0 Å². The third kappa shape index (κ3) is 3.65. The van der Waals surface area contributed by atoms with E-state index in [9.17, 15) is 4.79 Å². The van der Waals surface area contributed by atoms with Crippen molar-refractivity contribution in [2.45, 2.75) is 26.2 Å². The minimum atomic E-state index is -0.219. The Hall–Kier alpha value is -2.60. The molecule has 1 N–H and O–H groups in total. The molecule has 0 spiro atoms. The van der Waals surface area contributed by atoms with Crippen molar-refractivity contribution in [2.24, 2.45) is 0 Å². The molecule has 2 aromatic heterocycles. The van der Waals surface area contributed by atoms with Crippen LogP contribution in [0.15, 0.2) is 48.8 Å². The highest BCUT2D eigenvalue weighted by Gasteiger charge is 2.15. The lowest BCUT2D eigenvalue weighted by molar-refractivity contribution is 0.102. The molecule has 1 amide bonds. The van der Waals surface area contributed by atoms with Crippen molar-refractivity contribution in [3.05, 3.63) is 59.9 Å². The highest BCUT2D eigenvalue weighted by atomic mass is 32.1. The molecular weight excluding hydrogens is 320 g/mol. The Balaban J connectivity index is 1.75. The third-order valence-corrected chi connectivity index (χ3v) is 4.47. The van der Waals surface area contributed by atoms with Crippen LogP contribution in [0.1, 0.15) is 36.7 Å². The number of hydrogen-bond donors (Lipinski definition) is 1. The molecule has 0 bridgehead atoms. The number of benzene rings is 1. The van der Waals surface area contributed by atoms with E-state index < -0.39 is 0 Å². The van der Waals surface area contributed by atoms with Crippen LogP contribution in [0.2, 0.25) is 0 Å². The predicted molar refractivity (Wildman–Crippen MR) is 96.2 cm³/mol. The van der Waals surface area contributed by atoms with Crippen LogP contribution < -0.4 is 5.32 Å². The minimum absolute atomic E-state index is 0.114. The monoisotopic (exact) mass is 338 g/mol. The van der Waals surface area contributed by atoms with E-state index in [4.69, 9.17) is 0 Å². The number of carbonyl (C=O) groups is 1. The van der Waals surface area contributed by atoms with Gasteiger partial charge in [-0.3, -0.25) is 15.1 Å². The van der Waals surface area contributed by atoms with Gasteiger partial charge in [-0.1, -0.05) is 56.4 Å². The van der Waals surface area contributed by atoms with Gasteiger partial charge >= 0.3 is 0 Å². The van der Waals surface area contributed by atoms with Gasteiger partial charge in [-0.2, -0.15) is 0 Å². The summed E-state index contributed by atoms with van der Waals surface area (Å²) in [4.78, 5) is 16.0. The van der Waals surface area contributed by atoms with E-state index in [0.717, 1.165) is 10.6 Å². The van der Waals surface area contributed by atoms with E-state index in [0.29, 0.717) is 10.7 Å². The number of carbonyl (C=O) groups excluding carboxylic acids is 1. The minimum Gasteiger partial charge on any atom is -0.296 e. The Bertz CT molecular complexity index is 835. The van der Waals surface area contributed by atoms with Crippen LogP contribution >= 0.6 is 11.3 Å². The molecule has 1 aromatic carbocycles. The summed E-state index contributed by atoms with van der Waals surface area (Å²) in [5, 5.41) is 12.2. The van der Waals surface area contributed by atoms with Gasteiger partial charge in [-0.15, -0.1) is 10.2 Å². The first-order valence-corrected chi connectivity index (χ1v) is 8.41. The van der Waals surface area contributed by atoms with Gasteiger partial charge in [0.1, 0.15) is 5.01 Å². The second-order valence-electron chi connectivity index (χ2n) is 6.43. The summed E-state index contributed by atoms with van der Waals surface area (Å²) in [6.07, 6.45) is 3.16. The van der Waals surface area contributed by atoms with Gasteiger partial charge in [0, 0.05) is 23.5 Å². The third-order valence-electron chi connectivity index (χ3n) is 3.59. The number of amides is 1. The maximum Gasteiger partial charge on any atom is 0.257 e. The van der Waals surface area contributed by atoms with Gasteiger partial charge in [-0.05, 0) is 23.1 Å². The quantitative estimate of drug-likeness (QED) is 0.779. The number of pyridine rings is 1. The molecule has 122 valence electrons. The van der Waals surface area contributed by atoms with E-state index in [1.807, 2.05) is 12.1 Å². The maximum atomic E-state index is 12.1. The highest BCUT2D eigenvalue weighted by Crippen LogP contribution is 2.29. The van der Waals surface area contributed by atoms with Gasteiger partial charge in [0.25, 0.3) is 5.91 Å². The van der Waals surface area contributed by atoms with E-state index in [2.05, 4.69) is 53.4 Å². The van der Waals surface area contributed by atoms with Crippen molar-refractivity contribution in [3.8, 4) is 10.6 Å². The van der Waals surface area contributed by atoms with Crippen molar-refractivity contribution in [1.82, 2.24) is 15.2 Å². The summed E-state index contributed by atoms with van der Waals surface area (Å²) < 4.78 is 0. The van der Waals surface area contributed by atoms with E-state index >= 15 is 0 Å². The molecular formula is C18H18N4OS. The molecule has 0 aliphatic rings. The lowest BCUT2D eigenvalue weighted by Crippen LogP contribution is -2.11. The van der Waals surface area contributed by atoms with Crippen molar-refractivity contribution in [1.29, 1.82) is 0 Å². The molecule has 24 heavy (non-hydrogen) atoms. The molecule has 5 nitrogen and oxygen atoms in total. The Kier molecular flexibility index (Phi) is 4.40. The topological polar surface area (TPSA) is 67.8 Å². The number of hydrogen-bond acceptors (Lipinski definition) is 5. The molecule has 6 heteroatoms. The molecule has 2 heterocycles. The number of rotatable bonds is 3. The Labute approximate surface area is 144 Å². The fourth-order valence-corrected chi connectivity index (χ4v) is 2.92. The first kappa shape index (κ1) is 16.3. The van der Waals surface area contributed by atoms with Gasteiger partial charge in [-0.25, -0.2) is 0 Å². The summed E-state index contributed by atoms with van der Waals surface area (Å²) in [6, 6.07) is 11.6. The average Bonchev–Trinajstić information content (AvgIpc) is 3.03. The molecule has 0 atom stereocenters. The fourth-order valence-electron chi connectivity index (χ4n) is 2.18. The zero-order valence-electron chi connectivity index (χ0n) is 13.8. The zero-order chi connectivity index (χ0) is 17.2. The van der Waals surface area contributed by atoms with E-state index in [-0.39, 0.29) is 11.3 Å². The lowest BCUT2D eigenvalue weighted by Gasteiger charge is -2.18.